The Labute approximate surface area is 110 Å². The maximum Gasteiger partial charge on any atom is 0.243 e. The van der Waals surface area contributed by atoms with Gasteiger partial charge in [-0.1, -0.05) is 0 Å². The van der Waals surface area contributed by atoms with Gasteiger partial charge >= 0.3 is 0 Å². The molecule has 4 nitrogen and oxygen atoms in total. The summed E-state index contributed by atoms with van der Waals surface area (Å²) in [7, 11) is -3.82. The summed E-state index contributed by atoms with van der Waals surface area (Å²) in [6.07, 6.45) is 2.09. The first kappa shape index (κ1) is 13.6. The number of nitrogens with one attached hydrogen (secondary N) is 1. The van der Waals surface area contributed by atoms with Gasteiger partial charge in [0, 0.05) is 17.5 Å². The summed E-state index contributed by atoms with van der Waals surface area (Å²) in [5, 5.41) is 0.281. The van der Waals surface area contributed by atoms with Crippen molar-refractivity contribution in [2.24, 2.45) is 0 Å². The highest BCUT2D eigenvalue weighted by molar-refractivity contribution is 8.00. The van der Waals surface area contributed by atoms with Gasteiger partial charge < -0.3 is 5.73 Å². The second-order valence-corrected chi connectivity index (χ2v) is 7.32. The molecule has 1 aromatic rings. The molecule has 1 fully saturated rings. The number of halogens is 1. The Hall–Kier alpha value is -0.790. The van der Waals surface area contributed by atoms with Crippen LogP contribution in [0.25, 0.3) is 0 Å². The molecule has 0 saturated carbocycles. The van der Waals surface area contributed by atoms with Crippen molar-refractivity contribution in [3.63, 3.8) is 0 Å². The van der Waals surface area contributed by atoms with E-state index in [1.807, 2.05) is 0 Å². The number of hydrogen-bond donors (Lipinski definition) is 2. The Morgan fingerprint density at radius 1 is 1.50 bits per heavy atom. The molecule has 1 heterocycles. The van der Waals surface area contributed by atoms with E-state index in [1.54, 1.807) is 11.8 Å². The fraction of sp³-hybridized carbons (Fsp3) is 0.455. The van der Waals surface area contributed by atoms with E-state index in [0.717, 1.165) is 30.7 Å². The van der Waals surface area contributed by atoms with Crippen LogP contribution in [-0.4, -0.2) is 26.0 Å². The van der Waals surface area contributed by atoms with Gasteiger partial charge in [0.15, 0.2) is 0 Å². The molecule has 0 aliphatic carbocycles. The molecule has 0 amide bonds. The van der Waals surface area contributed by atoms with Crippen molar-refractivity contribution >= 4 is 27.5 Å². The monoisotopic (exact) mass is 290 g/mol. The first-order valence-corrected chi connectivity index (χ1v) is 8.18. The minimum absolute atomic E-state index is 0.229. The van der Waals surface area contributed by atoms with Crippen molar-refractivity contribution in [3.05, 3.63) is 24.0 Å². The summed E-state index contributed by atoms with van der Waals surface area (Å²) < 4.78 is 39.8. The van der Waals surface area contributed by atoms with Gasteiger partial charge in [0.1, 0.15) is 10.7 Å². The van der Waals surface area contributed by atoms with E-state index in [1.165, 1.54) is 6.07 Å². The van der Waals surface area contributed by atoms with Gasteiger partial charge in [0.2, 0.25) is 10.0 Å². The molecule has 18 heavy (non-hydrogen) atoms. The van der Waals surface area contributed by atoms with Crippen molar-refractivity contribution in [2.45, 2.75) is 23.0 Å². The molecule has 100 valence electrons. The Balaban J connectivity index is 2.12. The minimum Gasteiger partial charge on any atom is -0.399 e. The molecule has 0 aromatic heterocycles. The predicted octanol–water partition coefficient (Wildman–Crippen LogP) is 1.58. The fourth-order valence-electron chi connectivity index (χ4n) is 1.81. The van der Waals surface area contributed by atoms with Crippen molar-refractivity contribution in [2.75, 3.05) is 18.0 Å². The zero-order chi connectivity index (χ0) is 13.2. The van der Waals surface area contributed by atoms with Crippen LogP contribution in [0.3, 0.4) is 0 Å². The molecule has 0 bridgehead atoms. The van der Waals surface area contributed by atoms with E-state index in [-0.39, 0.29) is 15.8 Å². The molecule has 1 aliphatic rings. The van der Waals surface area contributed by atoms with Crippen molar-refractivity contribution in [3.8, 4) is 0 Å². The molecule has 0 spiro atoms. The highest BCUT2D eigenvalue weighted by Crippen LogP contribution is 2.26. The maximum atomic E-state index is 13.5. The zero-order valence-electron chi connectivity index (χ0n) is 9.73. The molecular formula is C11H15FN2O2S2. The van der Waals surface area contributed by atoms with Crippen LogP contribution in [0, 0.1) is 5.82 Å². The fourth-order valence-corrected chi connectivity index (χ4v) is 4.31. The van der Waals surface area contributed by atoms with Crippen LogP contribution in [0.15, 0.2) is 23.1 Å². The lowest BCUT2D eigenvalue weighted by Crippen LogP contribution is -2.30. The third-order valence-electron chi connectivity index (χ3n) is 2.77. The van der Waals surface area contributed by atoms with E-state index in [9.17, 15) is 12.8 Å². The topological polar surface area (TPSA) is 72.2 Å². The number of nitrogens with two attached hydrogens (primary N) is 1. The van der Waals surface area contributed by atoms with Crippen LogP contribution >= 0.6 is 11.8 Å². The Morgan fingerprint density at radius 3 is 2.94 bits per heavy atom. The largest absolute Gasteiger partial charge is 0.399 e. The number of benzene rings is 1. The molecule has 1 atom stereocenters. The second kappa shape index (κ2) is 5.46. The number of anilines is 1. The molecule has 1 aromatic carbocycles. The van der Waals surface area contributed by atoms with Gasteiger partial charge in [-0.15, -0.1) is 0 Å². The standard InChI is InChI=1S/C11H15FN2O2S2/c12-10-4-3-8(13)6-11(10)18(15,16)14-7-9-2-1-5-17-9/h3-4,6,9,14H,1-2,5,7,13H2. The van der Waals surface area contributed by atoms with E-state index in [2.05, 4.69) is 4.72 Å². The van der Waals surface area contributed by atoms with Crippen LogP contribution in [0.4, 0.5) is 10.1 Å². The van der Waals surface area contributed by atoms with Crippen LogP contribution in [0.2, 0.25) is 0 Å². The second-order valence-electron chi connectivity index (χ2n) is 4.18. The van der Waals surface area contributed by atoms with E-state index < -0.39 is 15.8 Å². The number of rotatable bonds is 4. The lowest BCUT2D eigenvalue weighted by molar-refractivity contribution is 0.556. The van der Waals surface area contributed by atoms with Gasteiger partial charge in [0.25, 0.3) is 0 Å². The Bertz CT molecular complexity index is 528. The molecule has 1 aliphatic heterocycles. The van der Waals surface area contributed by atoms with Crippen molar-refractivity contribution in [1.29, 1.82) is 0 Å². The van der Waals surface area contributed by atoms with Crippen LogP contribution < -0.4 is 10.5 Å². The molecular weight excluding hydrogens is 275 g/mol. The number of sulfonamides is 1. The van der Waals surface area contributed by atoms with Crippen molar-refractivity contribution < 1.29 is 12.8 Å². The van der Waals surface area contributed by atoms with Gasteiger partial charge in [-0.25, -0.2) is 17.5 Å². The van der Waals surface area contributed by atoms with Crippen LogP contribution in [-0.2, 0) is 10.0 Å². The number of thioether (sulfide) groups is 1. The van der Waals surface area contributed by atoms with Crippen molar-refractivity contribution in [1.82, 2.24) is 4.72 Å². The minimum atomic E-state index is -3.82. The number of nitrogen functional groups attached to an aromatic ring is 1. The highest BCUT2D eigenvalue weighted by atomic mass is 32.2. The molecule has 3 N–H and O–H groups in total. The highest BCUT2D eigenvalue weighted by Gasteiger charge is 2.22. The Kier molecular flexibility index (Phi) is 4.14. The summed E-state index contributed by atoms with van der Waals surface area (Å²) >= 11 is 1.74. The third kappa shape index (κ3) is 3.15. The average molecular weight is 290 g/mol. The van der Waals surface area contributed by atoms with Gasteiger partial charge in [-0.05, 0) is 36.8 Å². The maximum absolute atomic E-state index is 13.5. The molecule has 7 heteroatoms. The Morgan fingerprint density at radius 2 is 2.28 bits per heavy atom. The molecule has 0 radical (unpaired) electrons. The smallest absolute Gasteiger partial charge is 0.243 e. The van der Waals surface area contributed by atoms with E-state index >= 15 is 0 Å². The van der Waals surface area contributed by atoms with Gasteiger partial charge in [-0.3, -0.25) is 0 Å². The lowest BCUT2D eigenvalue weighted by Gasteiger charge is -2.11. The van der Waals surface area contributed by atoms with Gasteiger partial charge in [0.05, 0.1) is 0 Å². The summed E-state index contributed by atoms with van der Waals surface area (Å²) in [4.78, 5) is -0.384. The average Bonchev–Trinajstić information content (AvgIpc) is 2.83. The summed E-state index contributed by atoms with van der Waals surface area (Å²) in [6, 6.07) is 3.54. The summed E-state index contributed by atoms with van der Waals surface area (Å²) in [6.45, 7) is 0.335. The summed E-state index contributed by atoms with van der Waals surface area (Å²) in [5.74, 6) is 0.273. The third-order valence-corrected chi connectivity index (χ3v) is 5.61. The normalized spacial score (nSPS) is 20.2. The van der Waals surface area contributed by atoms with E-state index in [4.69, 9.17) is 5.73 Å². The SMILES string of the molecule is Nc1ccc(F)c(S(=O)(=O)NCC2CCCS2)c1. The van der Waals surface area contributed by atoms with Gasteiger partial charge in [-0.2, -0.15) is 11.8 Å². The lowest BCUT2D eigenvalue weighted by atomic mass is 10.2. The van der Waals surface area contributed by atoms with Crippen LogP contribution in [0.5, 0.6) is 0 Å². The quantitative estimate of drug-likeness (QED) is 0.826. The molecule has 1 unspecified atom stereocenters. The predicted molar refractivity (Wildman–Crippen MR) is 71.5 cm³/mol. The first-order valence-electron chi connectivity index (χ1n) is 5.65. The zero-order valence-corrected chi connectivity index (χ0v) is 11.4. The molecule has 2 rings (SSSR count). The molecule has 1 saturated heterocycles. The summed E-state index contributed by atoms with van der Waals surface area (Å²) in [5.41, 5.74) is 5.71. The van der Waals surface area contributed by atoms with Crippen LogP contribution in [0.1, 0.15) is 12.8 Å². The first-order chi connectivity index (χ1) is 8.49. The number of hydrogen-bond acceptors (Lipinski definition) is 4. The van der Waals surface area contributed by atoms with E-state index in [0.29, 0.717) is 6.54 Å².